The van der Waals surface area contributed by atoms with Gasteiger partial charge in [0, 0.05) is 13.1 Å². The van der Waals surface area contributed by atoms with Crippen LogP contribution in [0.25, 0.3) is 0 Å². The van der Waals surface area contributed by atoms with Crippen molar-refractivity contribution in [3.05, 3.63) is 5.82 Å². The Morgan fingerprint density at radius 2 is 2.46 bits per heavy atom. The molecule has 1 unspecified atom stereocenters. The van der Waals surface area contributed by atoms with Gasteiger partial charge in [-0.15, -0.1) is 0 Å². The van der Waals surface area contributed by atoms with Crippen LogP contribution in [0.1, 0.15) is 12.2 Å². The van der Waals surface area contributed by atoms with Crippen molar-refractivity contribution in [3.8, 4) is 0 Å². The SMILES string of the molecule is Cc1nc(N2CCC(O)C2)c(N)[nH]1. The summed E-state index contributed by atoms with van der Waals surface area (Å²) >= 11 is 0. The molecule has 0 bridgehead atoms. The van der Waals surface area contributed by atoms with Crippen molar-refractivity contribution in [3.63, 3.8) is 0 Å². The van der Waals surface area contributed by atoms with Gasteiger partial charge in [-0.25, -0.2) is 4.98 Å². The molecule has 0 aliphatic carbocycles. The van der Waals surface area contributed by atoms with Crippen molar-refractivity contribution in [1.82, 2.24) is 9.97 Å². The monoisotopic (exact) mass is 182 g/mol. The standard InChI is InChI=1S/C8H14N4O/c1-5-10-7(9)8(11-5)12-3-2-6(13)4-12/h6,13H,2-4,9H2,1H3,(H,10,11). The number of aliphatic hydroxyl groups is 1. The van der Waals surface area contributed by atoms with Crippen LogP contribution in [-0.2, 0) is 0 Å². The van der Waals surface area contributed by atoms with Crippen LogP contribution in [0, 0.1) is 6.92 Å². The Bertz CT molecular complexity index is 309. The van der Waals surface area contributed by atoms with Gasteiger partial charge < -0.3 is 20.7 Å². The molecule has 1 aromatic rings. The molecule has 0 amide bonds. The van der Waals surface area contributed by atoms with Crippen LogP contribution in [0.5, 0.6) is 0 Å². The summed E-state index contributed by atoms with van der Waals surface area (Å²) in [4.78, 5) is 9.21. The van der Waals surface area contributed by atoms with Crippen LogP contribution in [0.2, 0.25) is 0 Å². The molecular weight excluding hydrogens is 168 g/mol. The van der Waals surface area contributed by atoms with Crippen LogP contribution in [0.4, 0.5) is 11.6 Å². The Labute approximate surface area is 76.6 Å². The molecular formula is C8H14N4O. The highest BCUT2D eigenvalue weighted by Crippen LogP contribution is 2.23. The van der Waals surface area contributed by atoms with Crippen molar-refractivity contribution in [1.29, 1.82) is 0 Å². The highest BCUT2D eigenvalue weighted by molar-refractivity contribution is 5.59. The van der Waals surface area contributed by atoms with Crippen molar-refractivity contribution < 1.29 is 5.11 Å². The molecule has 1 atom stereocenters. The van der Waals surface area contributed by atoms with E-state index in [-0.39, 0.29) is 6.10 Å². The molecule has 1 aliphatic rings. The number of imidazole rings is 1. The van der Waals surface area contributed by atoms with E-state index < -0.39 is 0 Å². The number of aromatic nitrogens is 2. The fourth-order valence-electron chi connectivity index (χ4n) is 1.67. The molecule has 5 nitrogen and oxygen atoms in total. The van der Waals surface area contributed by atoms with Gasteiger partial charge in [-0.3, -0.25) is 0 Å². The smallest absolute Gasteiger partial charge is 0.171 e. The lowest BCUT2D eigenvalue weighted by Gasteiger charge is -2.14. The number of nitrogens with one attached hydrogen (secondary N) is 1. The van der Waals surface area contributed by atoms with Crippen molar-refractivity contribution >= 4 is 11.6 Å². The van der Waals surface area contributed by atoms with Gasteiger partial charge in [0.1, 0.15) is 11.6 Å². The summed E-state index contributed by atoms with van der Waals surface area (Å²) in [5.41, 5.74) is 5.73. The quantitative estimate of drug-likeness (QED) is 0.565. The Kier molecular flexibility index (Phi) is 1.88. The van der Waals surface area contributed by atoms with Crippen molar-refractivity contribution in [2.75, 3.05) is 23.7 Å². The number of aliphatic hydroxyl groups excluding tert-OH is 1. The van der Waals surface area contributed by atoms with Gasteiger partial charge >= 0.3 is 0 Å². The number of anilines is 2. The summed E-state index contributed by atoms with van der Waals surface area (Å²) in [6.45, 7) is 3.33. The number of rotatable bonds is 1. The van der Waals surface area contributed by atoms with E-state index in [0.29, 0.717) is 12.4 Å². The molecule has 2 heterocycles. The van der Waals surface area contributed by atoms with Crippen LogP contribution < -0.4 is 10.6 Å². The number of hydrogen-bond acceptors (Lipinski definition) is 4. The van der Waals surface area contributed by atoms with Crippen molar-refractivity contribution in [2.45, 2.75) is 19.4 Å². The molecule has 0 spiro atoms. The molecule has 0 saturated carbocycles. The predicted octanol–water partition coefficient (Wildman–Crippen LogP) is -0.129. The highest BCUT2D eigenvalue weighted by atomic mass is 16.3. The van der Waals surface area contributed by atoms with Crippen LogP contribution in [0.15, 0.2) is 0 Å². The van der Waals surface area contributed by atoms with Gasteiger partial charge in [-0.1, -0.05) is 0 Å². The summed E-state index contributed by atoms with van der Waals surface area (Å²) < 4.78 is 0. The highest BCUT2D eigenvalue weighted by Gasteiger charge is 2.23. The lowest BCUT2D eigenvalue weighted by atomic mass is 10.3. The van der Waals surface area contributed by atoms with E-state index in [1.54, 1.807) is 0 Å². The second-order valence-electron chi connectivity index (χ2n) is 3.45. The number of nitrogens with zero attached hydrogens (tertiary/aromatic N) is 2. The molecule has 0 radical (unpaired) electrons. The Morgan fingerprint density at radius 1 is 1.69 bits per heavy atom. The molecule has 2 rings (SSSR count). The van der Waals surface area contributed by atoms with E-state index in [2.05, 4.69) is 9.97 Å². The average molecular weight is 182 g/mol. The van der Waals surface area contributed by atoms with E-state index in [4.69, 9.17) is 5.73 Å². The van der Waals surface area contributed by atoms with Gasteiger partial charge in [-0.2, -0.15) is 0 Å². The maximum Gasteiger partial charge on any atom is 0.171 e. The number of hydrogen-bond donors (Lipinski definition) is 3. The summed E-state index contributed by atoms with van der Waals surface area (Å²) in [7, 11) is 0. The first-order valence-electron chi connectivity index (χ1n) is 4.42. The topological polar surface area (TPSA) is 78.2 Å². The minimum absolute atomic E-state index is 0.239. The number of β-amino-alcohol motifs (C(OH)–C–C–N with tert-alkyl or cyclic N) is 1. The zero-order chi connectivity index (χ0) is 9.42. The maximum atomic E-state index is 9.34. The molecule has 0 aromatic carbocycles. The molecule has 4 N–H and O–H groups in total. The first-order valence-corrected chi connectivity index (χ1v) is 4.42. The normalized spacial score (nSPS) is 22.6. The van der Waals surface area contributed by atoms with E-state index >= 15 is 0 Å². The van der Waals surface area contributed by atoms with Crippen LogP contribution >= 0.6 is 0 Å². The lowest BCUT2D eigenvalue weighted by molar-refractivity contribution is 0.198. The average Bonchev–Trinajstić information content (AvgIpc) is 2.58. The molecule has 1 fully saturated rings. The van der Waals surface area contributed by atoms with Crippen LogP contribution in [0.3, 0.4) is 0 Å². The van der Waals surface area contributed by atoms with Crippen molar-refractivity contribution in [2.24, 2.45) is 0 Å². The first-order chi connectivity index (χ1) is 6.16. The molecule has 1 saturated heterocycles. The number of aromatic amines is 1. The first kappa shape index (κ1) is 8.37. The number of aryl methyl sites for hydroxylation is 1. The zero-order valence-electron chi connectivity index (χ0n) is 7.62. The number of H-pyrrole nitrogens is 1. The zero-order valence-corrected chi connectivity index (χ0v) is 7.62. The van der Waals surface area contributed by atoms with E-state index in [1.807, 2.05) is 11.8 Å². The third kappa shape index (κ3) is 1.47. The van der Waals surface area contributed by atoms with Gasteiger partial charge in [0.15, 0.2) is 5.82 Å². The Morgan fingerprint density at radius 3 is 2.92 bits per heavy atom. The molecule has 1 aliphatic heterocycles. The molecule has 1 aromatic heterocycles. The Hall–Kier alpha value is -1.23. The molecule has 5 heteroatoms. The van der Waals surface area contributed by atoms with E-state index in [9.17, 15) is 5.11 Å². The molecule has 13 heavy (non-hydrogen) atoms. The van der Waals surface area contributed by atoms with Gasteiger partial charge in [-0.05, 0) is 13.3 Å². The maximum absolute atomic E-state index is 9.34. The fraction of sp³-hybridized carbons (Fsp3) is 0.625. The second-order valence-corrected chi connectivity index (χ2v) is 3.45. The minimum atomic E-state index is -0.239. The predicted molar refractivity (Wildman–Crippen MR) is 50.6 cm³/mol. The summed E-state index contributed by atoms with van der Waals surface area (Å²) in [5.74, 6) is 2.18. The van der Waals surface area contributed by atoms with Crippen LogP contribution in [-0.4, -0.2) is 34.3 Å². The second kappa shape index (κ2) is 2.92. The van der Waals surface area contributed by atoms with E-state index in [0.717, 1.165) is 24.6 Å². The minimum Gasteiger partial charge on any atom is -0.391 e. The fourth-order valence-corrected chi connectivity index (χ4v) is 1.67. The number of nitrogens with two attached hydrogens (primary N) is 1. The van der Waals surface area contributed by atoms with E-state index in [1.165, 1.54) is 0 Å². The largest absolute Gasteiger partial charge is 0.391 e. The third-order valence-electron chi connectivity index (χ3n) is 2.29. The van der Waals surface area contributed by atoms with Gasteiger partial charge in [0.25, 0.3) is 0 Å². The Balaban J connectivity index is 2.20. The lowest BCUT2D eigenvalue weighted by Crippen LogP contribution is -2.22. The van der Waals surface area contributed by atoms with Gasteiger partial charge in [0.2, 0.25) is 0 Å². The summed E-state index contributed by atoms with van der Waals surface area (Å²) in [6.07, 6.45) is 0.558. The summed E-state index contributed by atoms with van der Waals surface area (Å²) in [5, 5.41) is 9.34. The third-order valence-corrected chi connectivity index (χ3v) is 2.29. The van der Waals surface area contributed by atoms with Gasteiger partial charge in [0.05, 0.1) is 6.10 Å². The summed E-state index contributed by atoms with van der Waals surface area (Å²) in [6, 6.07) is 0. The molecule has 72 valence electrons. The number of nitrogen functional groups attached to an aromatic ring is 1.